The van der Waals surface area contributed by atoms with E-state index in [1.807, 2.05) is 0 Å². The number of hydrogen-bond acceptors (Lipinski definition) is 5. The van der Waals surface area contributed by atoms with Gasteiger partial charge in [0.2, 0.25) is 5.91 Å². The molecular formula is C22H19Cl4N5O2S. The van der Waals surface area contributed by atoms with Crippen molar-refractivity contribution in [1.29, 1.82) is 0 Å². The highest BCUT2D eigenvalue weighted by Crippen LogP contribution is 2.32. The zero-order chi connectivity index (χ0) is 24.8. The molecule has 0 unspecified atom stereocenters. The molecule has 0 spiro atoms. The third kappa shape index (κ3) is 6.67. The molecule has 3 aromatic rings. The quantitative estimate of drug-likeness (QED) is 0.183. The van der Waals surface area contributed by atoms with Crippen molar-refractivity contribution in [2.75, 3.05) is 11.1 Å². The molecule has 2 amide bonds. The third-order valence-electron chi connectivity index (χ3n) is 4.51. The molecule has 0 radical (unpaired) electrons. The van der Waals surface area contributed by atoms with Crippen LogP contribution in [0.3, 0.4) is 0 Å². The van der Waals surface area contributed by atoms with Crippen LogP contribution in [0.1, 0.15) is 29.1 Å². The largest absolute Gasteiger partial charge is 0.342 e. The van der Waals surface area contributed by atoms with Crippen LogP contribution in [0.15, 0.2) is 54.2 Å². The molecule has 0 fully saturated rings. The Morgan fingerprint density at radius 2 is 1.76 bits per heavy atom. The normalized spacial score (nSPS) is 11.7. The van der Waals surface area contributed by atoms with E-state index in [0.717, 1.165) is 0 Å². The second kappa shape index (κ2) is 12.0. The van der Waals surface area contributed by atoms with Crippen LogP contribution in [0.25, 0.3) is 0 Å². The summed E-state index contributed by atoms with van der Waals surface area (Å²) in [6.45, 7) is 5.96. The standard InChI is InChI=1S/C22H19Cl4N5O2S/c1-3-8-31-20(12(2)27-21(33)13-4-6-14(23)7-5-13)29-30-22(31)34-11-19(32)28-18-10-16(25)15(24)9-17(18)26/h3-7,9-10,12H,1,8,11H2,2H3,(H,27,33)(H,28,32)/t12-/m1/s1. The molecule has 12 heteroatoms. The van der Waals surface area contributed by atoms with Gasteiger partial charge in [-0.3, -0.25) is 9.59 Å². The molecule has 0 bridgehead atoms. The van der Waals surface area contributed by atoms with Gasteiger partial charge in [-0.25, -0.2) is 0 Å². The van der Waals surface area contributed by atoms with Gasteiger partial charge in [0.1, 0.15) is 0 Å². The Bertz CT molecular complexity index is 1220. The summed E-state index contributed by atoms with van der Waals surface area (Å²) in [5.74, 6) is -0.0247. The van der Waals surface area contributed by atoms with Crippen LogP contribution in [-0.2, 0) is 11.3 Å². The van der Waals surface area contributed by atoms with E-state index in [9.17, 15) is 9.59 Å². The number of nitrogens with one attached hydrogen (secondary N) is 2. The summed E-state index contributed by atoms with van der Waals surface area (Å²) in [6.07, 6.45) is 1.68. The first kappa shape index (κ1) is 26.4. The van der Waals surface area contributed by atoms with Crippen molar-refractivity contribution in [1.82, 2.24) is 20.1 Å². The maximum absolute atomic E-state index is 12.6. The Balaban J connectivity index is 1.67. The maximum atomic E-state index is 12.6. The predicted molar refractivity (Wildman–Crippen MR) is 138 cm³/mol. The van der Waals surface area contributed by atoms with Gasteiger partial charge in [0, 0.05) is 17.1 Å². The van der Waals surface area contributed by atoms with E-state index in [1.165, 1.54) is 23.9 Å². The van der Waals surface area contributed by atoms with Gasteiger partial charge in [-0.15, -0.1) is 16.8 Å². The maximum Gasteiger partial charge on any atom is 0.251 e. The van der Waals surface area contributed by atoms with E-state index < -0.39 is 6.04 Å². The molecule has 0 saturated heterocycles. The molecule has 0 saturated carbocycles. The van der Waals surface area contributed by atoms with E-state index in [2.05, 4.69) is 27.4 Å². The number of amides is 2. The molecule has 7 nitrogen and oxygen atoms in total. The Labute approximate surface area is 220 Å². The van der Waals surface area contributed by atoms with Crippen LogP contribution in [0, 0.1) is 0 Å². The number of aromatic nitrogens is 3. The molecular weight excluding hydrogens is 540 g/mol. The number of carbonyl (C=O) groups excluding carboxylic acids is 2. The number of hydrogen-bond donors (Lipinski definition) is 2. The summed E-state index contributed by atoms with van der Waals surface area (Å²) in [5, 5.41) is 15.9. The number of halogens is 4. The third-order valence-corrected chi connectivity index (χ3v) is 6.77. The van der Waals surface area contributed by atoms with E-state index >= 15 is 0 Å². The van der Waals surface area contributed by atoms with Crippen molar-refractivity contribution in [2.45, 2.75) is 24.7 Å². The Hall–Kier alpha value is -2.23. The van der Waals surface area contributed by atoms with Crippen molar-refractivity contribution in [3.05, 3.63) is 80.5 Å². The SMILES string of the molecule is C=CCn1c(SCC(=O)Nc2cc(Cl)c(Cl)cc2Cl)nnc1[C@@H](C)NC(=O)c1ccc(Cl)cc1. The fourth-order valence-electron chi connectivity index (χ4n) is 2.91. The smallest absolute Gasteiger partial charge is 0.251 e. The lowest BCUT2D eigenvalue weighted by atomic mass is 10.2. The van der Waals surface area contributed by atoms with Gasteiger partial charge in [0.15, 0.2) is 11.0 Å². The fourth-order valence-corrected chi connectivity index (χ4v) is 4.38. The second-order valence-corrected chi connectivity index (χ2v) is 9.63. The molecule has 2 aromatic carbocycles. The minimum atomic E-state index is -0.450. The Morgan fingerprint density at radius 1 is 1.09 bits per heavy atom. The number of thioether (sulfide) groups is 1. The number of anilines is 1. The van der Waals surface area contributed by atoms with Crippen LogP contribution >= 0.6 is 58.2 Å². The van der Waals surface area contributed by atoms with Gasteiger partial charge in [-0.05, 0) is 43.3 Å². The highest BCUT2D eigenvalue weighted by Gasteiger charge is 2.21. The summed E-state index contributed by atoms with van der Waals surface area (Å²) >= 11 is 25.1. The molecule has 1 aromatic heterocycles. The molecule has 1 atom stereocenters. The van der Waals surface area contributed by atoms with Gasteiger partial charge in [0.05, 0.1) is 32.5 Å². The number of nitrogens with zero attached hydrogens (tertiary/aromatic N) is 3. The zero-order valence-electron chi connectivity index (χ0n) is 17.8. The van der Waals surface area contributed by atoms with Crippen LogP contribution in [0.4, 0.5) is 5.69 Å². The predicted octanol–water partition coefficient (Wildman–Crippen LogP) is 6.30. The topological polar surface area (TPSA) is 88.9 Å². The highest BCUT2D eigenvalue weighted by molar-refractivity contribution is 7.99. The van der Waals surface area contributed by atoms with Gasteiger partial charge < -0.3 is 15.2 Å². The monoisotopic (exact) mass is 557 g/mol. The lowest BCUT2D eigenvalue weighted by molar-refractivity contribution is -0.113. The van der Waals surface area contributed by atoms with Crippen LogP contribution < -0.4 is 10.6 Å². The highest BCUT2D eigenvalue weighted by atomic mass is 35.5. The zero-order valence-corrected chi connectivity index (χ0v) is 21.7. The summed E-state index contributed by atoms with van der Waals surface area (Å²) in [5.41, 5.74) is 0.826. The van der Waals surface area contributed by atoms with Crippen molar-refractivity contribution < 1.29 is 9.59 Å². The van der Waals surface area contributed by atoms with E-state index in [1.54, 1.807) is 41.8 Å². The van der Waals surface area contributed by atoms with Crippen molar-refractivity contribution >= 4 is 75.7 Å². The van der Waals surface area contributed by atoms with Crippen LogP contribution in [0.2, 0.25) is 20.1 Å². The number of rotatable bonds is 9. The van der Waals surface area contributed by atoms with E-state index in [4.69, 9.17) is 46.4 Å². The van der Waals surface area contributed by atoms with Crippen molar-refractivity contribution in [2.24, 2.45) is 0 Å². The molecule has 0 aliphatic carbocycles. The first-order valence-corrected chi connectivity index (χ1v) is 12.4. The second-order valence-electron chi connectivity index (χ2n) is 7.03. The summed E-state index contributed by atoms with van der Waals surface area (Å²) < 4.78 is 1.78. The number of carbonyl (C=O) groups is 2. The summed E-state index contributed by atoms with van der Waals surface area (Å²) in [6, 6.07) is 9.06. The molecule has 1 heterocycles. The lowest BCUT2D eigenvalue weighted by Gasteiger charge is -2.15. The number of benzene rings is 2. The summed E-state index contributed by atoms with van der Waals surface area (Å²) in [4.78, 5) is 25.0. The minimum absolute atomic E-state index is 0.0391. The lowest BCUT2D eigenvalue weighted by Crippen LogP contribution is -2.28. The van der Waals surface area contributed by atoms with Crippen molar-refractivity contribution in [3.8, 4) is 0 Å². The van der Waals surface area contributed by atoms with Gasteiger partial charge >= 0.3 is 0 Å². The minimum Gasteiger partial charge on any atom is -0.342 e. The number of allylic oxidation sites excluding steroid dienone is 1. The first-order valence-electron chi connectivity index (χ1n) is 9.87. The average molecular weight is 559 g/mol. The Kier molecular flexibility index (Phi) is 9.27. The van der Waals surface area contributed by atoms with Gasteiger partial charge in [0.25, 0.3) is 5.91 Å². The van der Waals surface area contributed by atoms with Crippen LogP contribution in [-0.4, -0.2) is 32.3 Å². The van der Waals surface area contributed by atoms with Gasteiger partial charge in [-0.2, -0.15) is 0 Å². The fraction of sp³-hybridized carbons (Fsp3) is 0.182. The molecule has 0 aliphatic heterocycles. The van der Waals surface area contributed by atoms with Gasteiger partial charge in [-0.1, -0.05) is 64.2 Å². The molecule has 0 aliphatic rings. The molecule has 2 N–H and O–H groups in total. The summed E-state index contributed by atoms with van der Waals surface area (Å²) in [7, 11) is 0. The molecule has 3 rings (SSSR count). The molecule has 34 heavy (non-hydrogen) atoms. The Morgan fingerprint density at radius 3 is 2.44 bits per heavy atom. The first-order chi connectivity index (χ1) is 16.2. The molecule has 178 valence electrons. The van der Waals surface area contributed by atoms with E-state index in [0.29, 0.717) is 38.8 Å². The van der Waals surface area contributed by atoms with Crippen molar-refractivity contribution in [3.63, 3.8) is 0 Å². The van der Waals surface area contributed by atoms with E-state index in [-0.39, 0.29) is 27.6 Å². The average Bonchev–Trinajstić information content (AvgIpc) is 3.19. The van der Waals surface area contributed by atoms with Crippen LogP contribution in [0.5, 0.6) is 0 Å².